The minimum absolute atomic E-state index is 0.0576. The highest BCUT2D eigenvalue weighted by Crippen LogP contribution is 2.16. The van der Waals surface area contributed by atoms with Gasteiger partial charge in [0.15, 0.2) is 5.82 Å². The van der Waals surface area contributed by atoms with Gasteiger partial charge in [0, 0.05) is 12.2 Å². The maximum Gasteiger partial charge on any atom is 0.305 e. The highest BCUT2D eigenvalue weighted by Gasteiger charge is 2.13. The first-order chi connectivity index (χ1) is 9.15. The summed E-state index contributed by atoms with van der Waals surface area (Å²) < 4.78 is 5.07. The van der Waals surface area contributed by atoms with Crippen LogP contribution in [0.2, 0.25) is 0 Å². The van der Waals surface area contributed by atoms with Crippen molar-refractivity contribution in [1.29, 1.82) is 0 Å². The molecule has 0 radical (unpaired) electrons. The molecule has 1 aromatic heterocycles. The molecule has 2 rings (SSSR count). The molecule has 1 heterocycles. The number of aromatic nitrogens is 2. The van der Waals surface area contributed by atoms with E-state index in [0.29, 0.717) is 24.8 Å². The van der Waals surface area contributed by atoms with Gasteiger partial charge in [-0.1, -0.05) is 23.4 Å². The summed E-state index contributed by atoms with van der Waals surface area (Å²) in [6.45, 7) is 2.54. The molecule has 0 aliphatic rings. The normalized spacial score (nSPS) is 10.4. The summed E-state index contributed by atoms with van der Waals surface area (Å²) in [5, 5.41) is 12.5. The number of carboxylic acid groups (broad SMARTS) is 1. The van der Waals surface area contributed by atoms with Crippen LogP contribution in [0.3, 0.4) is 0 Å². The van der Waals surface area contributed by atoms with E-state index in [0.717, 1.165) is 5.69 Å². The van der Waals surface area contributed by atoms with Crippen molar-refractivity contribution in [3.05, 3.63) is 42.0 Å². The molecule has 19 heavy (non-hydrogen) atoms. The van der Waals surface area contributed by atoms with Gasteiger partial charge in [0.05, 0.1) is 13.0 Å². The highest BCUT2D eigenvalue weighted by atomic mass is 16.5. The minimum Gasteiger partial charge on any atom is -0.481 e. The molecule has 6 nitrogen and oxygen atoms in total. The zero-order valence-electron chi connectivity index (χ0n) is 10.6. The van der Waals surface area contributed by atoms with Crippen molar-refractivity contribution in [3.8, 4) is 0 Å². The summed E-state index contributed by atoms with van der Waals surface area (Å²) in [5.74, 6) is 0.218. The van der Waals surface area contributed by atoms with Gasteiger partial charge in [0.1, 0.15) is 0 Å². The Bertz CT molecular complexity index is 539. The van der Waals surface area contributed by atoms with E-state index in [9.17, 15) is 4.79 Å². The number of hydrogen-bond acceptors (Lipinski definition) is 5. The van der Waals surface area contributed by atoms with Crippen molar-refractivity contribution in [2.45, 2.75) is 19.9 Å². The van der Waals surface area contributed by atoms with Crippen LogP contribution in [0.4, 0.5) is 5.69 Å². The highest BCUT2D eigenvalue weighted by molar-refractivity contribution is 5.67. The molecular weight excluding hydrogens is 246 g/mol. The van der Waals surface area contributed by atoms with Crippen molar-refractivity contribution in [2.75, 3.05) is 11.4 Å². The van der Waals surface area contributed by atoms with Gasteiger partial charge in [0.25, 0.3) is 0 Å². The first-order valence-electron chi connectivity index (χ1n) is 5.96. The van der Waals surface area contributed by atoms with Crippen LogP contribution in [0, 0.1) is 6.92 Å². The maximum absolute atomic E-state index is 10.7. The second-order valence-electron chi connectivity index (χ2n) is 4.14. The predicted octanol–water partition coefficient (Wildman–Crippen LogP) is 1.86. The van der Waals surface area contributed by atoms with Crippen molar-refractivity contribution in [2.24, 2.45) is 0 Å². The maximum atomic E-state index is 10.7. The number of benzene rings is 1. The minimum atomic E-state index is -0.831. The van der Waals surface area contributed by atoms with E-state index in [4.69, 9.17) is 9.63 Å². The number of aliphatic carboxylic acids is 1. The zero-order valence-corrected chi connectivity index (χ0v) is 10.6. The van der Waals surface area contributed by atoms with Gasteiger partial charge in [-0.3, -0.25) is 4.79 Å². The number of para-hydroxylation sites is 1. The molecule has 100 valence electrons. The Morgan fingerprint density at radius 3 is 2.68 bits per heavy atom. The lowest BCUT2D eigenvalue weighted by Crippen LogP contribution is -2.25. The van der Waals surface area contributed by atoms with Gasteiger partial charge in [-0.2, -0.15) is 4.98 Å². The lowest BCUT2D eigenvalue weighted by Gasteiger charge is -2.22. The Morgan fingerprint density at radius 1 is 1.37 bits per heavy atom. The molecular formula is C13H15N3O3. The van der Waals surface area contributed by atoms with Crippen molar-refractivity contribution < 1.29 is 14.4 Å². The Kier molecular flexibility index (Phi) is 4.12. The van der Waals surface area contributed by atoms with Crippen LogP contribution in [-0.4, -0.2) is 27.8 Å². The van der Waals surface area contributed by atoms with Gasteiger partial charge in [-0.15, -0.1) is 0 Å². The van der Waals surface area contributed by atoms with Crippen LogP contribution in [0.1, 0.15) is 18.1 Å². The lowest BCUT2D eigenvalue weighted by atomic mass is 10.2. The molecule has 0 spiro atoms. The molecule has 0 fully saturated rings. The number of carboxylic acids is 1. The fourth-order valence-electron chi connectivity index (χ4n) is 1.74. The zero-order chi connectivity index (χ0) is 13.7. The van der Waals surface area contributed by atoms with E-state index < -0.39 is 5.97 Å². The van der Waals surface area contributed by atoms with Crippen LogP contribution in [-0.2, 0) is 11.3 Å². The number of nitrogens with zero attached hydrogens (tertiary/aromatic N) is 3. The number of rotatable bonds is 6. The molecule has 1 N–H and O–H groups in total. The van der Waals surface area contributed by atoms with E-state index in [1.165, 1.54) is 0 Å². The Balaban J connectivity index is 2.12. The summed E-state index contributed by atoms with van der Waals surface area (Å²) >= 11 is 0. The predicted molar refractivity (Wildman–Crippen MR) is 68.8 cm³/mol. The fraction of sp³-hybridized carbons (Fsp3) is 0.308. The van der Waals surface area contributed by atoms with Crippen LogP contribution in [0.25, 0.3) is 0 Å². The second kappa shape index (κ2) is 5.99. The smallest absolute Gasteiger partial charge is 0.305 e. The van der Waals surface area contributed by atoms with Crippen molar-refractivity contribution in [3.63, 3.8) is 0 Å². The van der Waals surface area contributed by atoms with E-state index in [1.54, 1.807) is 6.92 Å². The third kappa shape index (κ3) is 3.80. The summed E-state index contributed by atoms with van der Waals surface area (Å²) in [6, 6.07) is 9.57. The van der Waals surface area contributed by atoms with E-state index in [1.807, 2.05) is 35.2 Å². The molecule has 0 saturated heterocycles. The van der Waals surface area contributed by atoms with Crippen LogP contribution >= 0.6 is 0 Å². The van der Waals surface area contributed by atoms with Gasteiger partial charge in [-0.05, 0) is 19.1 Å². The van der Waals surface area contributed by atoms with Gasteiger partial charge >= 0.3 is 5.97 Å². The molecule has 0 aliphatic carbocycles. The second-order valence-corrected chi connectivity index (χ2v) is 4.14. The monoisotopic (exact) mass is 261 g/mol. The van der Waals surface area contributed by atoms with E-state index >= 15 is 0 Å². The average molecular weight is 261 g/mol. The summed E-state index contributed by atoms with van der Waals surface area (Å²) in [7, 11) is 0. The topological polar surface area (TPSA) is 79.5 Å². The first kappa shape index (κ1) is 13.1. The van der Waals surface area contributed by atoms with Crippen LogP contribution in [0.15, 0.2) is 34.9 Å². The molecule has 0 aliphatic heterocycles. The van der Waals surface area contributed by atoms with Gasteiger partial charge < -0.3 is 14.5 Å². The molecule has 0 atom stereocenters. The molecule has 0 saturated carbocycles. The number of aryl methyl sites for hydroxylation is 1. The largest absolute Gasteiger partial charge is 0.481 e. The third-order valence-electron chi connectivity index (χ3n) is 2.61. The molecule has 0 amide bonds. The SMILES string of the molecule is Cc1noc(CN(CCC(=O)O)c2ccccc2)n1. The summed E-state index contributed by atoms with van der Waals surface area (Å²) in [4.78, 5) is 16.8. The standard InChI is InChI=1S/C13H15N3O3/c1-10-14-12(19-15-10)9-16(8-7-13(17)18)11-5-3-2-4-6-11/h2-6H,7-9H2,1H3,(H,17,18). The van der Waals surface area contributed by atoms with Gasteiger partial charge in [-0.25, -0.2) is 0 Å². The number of hydrogen-bond donors (Lipinski definition) is 1. The molecule has 6 heteroatoms. The van der Waals surface area contributed by atoms with Crippen LogP contribution < -0.4 is 4.90 Å². The third-order valence-corrected chi connectivity index (χ3v) is 2.61. The Morgan fingerprint density at radius 2 is 2.11 bits per heavy atom. The summed E-state index contributed by atoms with van der Waals surface area (Å²) in [6.07, 6.45) is 0.0576. The van der Waals surface area contributed by atoms with E-state index in [-0.39, 0.29) is 6.42 Å². The molecule has 2 aromatic rings. The van der Waals surface area contributed by atoms with Gasteiger partial charge in [0.2, 0.25) is 5.89 Å². The lowest BCUT2D eigenvalue weighted by molar-refractivity contribution is -0.136. The number of carbonyl (C=O) groups is 1. The Hall–Kier alpha value is -2.37. The summed E-state index contributed by atoms with van der Waals surface area (Å²) in [5.41, 5.74) is 0.930. The first-order valence-corrected chi connectivity index (χ1v) is 5.96. The number of anilines is 1. The fourth-order valence-corrected chi connectivity index (χ4v) is 1.74. The quantitative estimate of drug-likeness (QED) is 0.855. The molecule has 0 unspecified atom stereocenters. The Labute approximate surface area is 110 Å². The van der Waals surface area contributed by atoms with Crippen molar-refractivity contribution >= 4 is 11.7 Å². The van der Waals surface area contributed by atoms with Crippen molar-refractivity contribution in [1.82, 2.24) is 10.1 Å². The van der Waals surface area contributed by atoms with E-state index in [2.05, 4.69) is 10.1 Å². The average Bonchev–Trinajstić information content (AvgIpc) is 2.81. The molecule has 1 aromatic carbocycles. The molecule has 0 bridgehead atoms. The van der Waals surface area contributed by atoms with Crippen LogP contribution in [0.5, 0.6) is 0 Å².